The maximum atomic E-state index is 12.6. The molecule has 0 aromatic carbocycles. The molecule has 2 aliphatic rings. The second-order valence-corrected chi connectivity index (χ2v) is 9.08. The molecule has 0 aromatic heterocycles. The van der Waals surface area contributed by atoms with Crippen molar-refractivity contribution in [3.05, 3.63) is 36.5 Å². The van der Waals surface area contributed by atoms with Crippen LogP contribution in [-0.2, 0) is 42.8 Å². The third-order valence-electron chi connectivity index (χ3n) is 5.72. The first kappa shape index (κ1) is 31.5. The first-order valence-corrected chi connectivity index (χ1v) is 11.5. The van der Waals surface area contributed by atoms with Crippen molar-refractivity contribution in [2.24, 2.45) is 0 Å². The van der Waals surface area contributed by atoms with Crippen LogP contribution in [0.1, 0.15) is 20.8 Å². The van der Waals surface area contributed by atoms with E-state index in [4.69, 9.17) is 28.4 Å². The van der Waals surface area contributed by atoms with Crippen LogP contribution in [0.15, 0.2) is 36.5 Å². The minimum absolute atomic E-state index is 0.0366. The van der Waals surface area contributed by atoms with E-state index < -0.39 is 92.5 Å². The van der Waals surface area contributed by atoms with Crippen LogP contribution in [0.4, 0.5) is 0 Å². The predicted molar refractivity (Wildman–Crippen MR) is 125 cm³/mol. The Kier molecular flexibility index (Phi) is 10.7. The van der Waals surface area contributed by atoms with Gasteiger partial charge in [0.15, 0.2) is 18.5 Å². The first-order valence-electron chi connectivity index (χ1n) is 11.5. The molecular weight excluding hydrogens is 512 g/mol. The van der Waals surface area contributed by atoms with Crippen molar-refractivity contribution in [1.29, 1.82) is 0 Å². The van der Waals surface area contributed by atoms with Crippen LogP contribution in [0.5, 0.6) is 0 Å². The Bertz CT molecular complexity index is 944. The zero-order chi connectivity index (χ0) is 28.9. The third-order valence-corrected chi connectivity index (χ3v) is 5.72. The molecule has 2 heterocycles. The minimum Gasteiger partial charge on any atom is -0.456 e. The highest BCUT2D eigenvalue weighted by molar-refractivity contribution is 5.88. The molecule has 0 spiro atoms. The van der Waals surface area contributed by atoms with E-state index in [9.17, 15) is 39.9 Å². The number of carbonyl (C=O) groups is 3. The summed E-state index contributed by atoms with van der Waals surface area (Å²) < 4.78 is 33.0. The van der Waals surface area contributed by atoms with Gasteiger partial charge in [0.2, 0.25) is 5.79 Å². The summed E-state index contributed by atoms with van der Waals surface area (Å²) in [6, 6.07) is 0. The molecule has 2 fully saturated rings. The minimum atomic E-state index is -2.43. The fourth-order valence-corrected chi connectivity index (χ4v) is 3.61. The van der Waals surface area contributed by atoms with E-state index in [1.165, 1.54) is 20.8 Å². The largest absolute Gasteiger partial charge is 0.456 e. The lowest BCUT2D eigenvalue weighted by molar-refractivity contribution is -0.383. The van der Waals surface area contributed by atoms with Crippen molar-refractivity contribution >= 4 is 17.9 Å². The number of aliphatic hydroxyl groups excluding tert-OH is 5. The van der Waals surface area contributed by atoms with Crippen molar-refractivity contribution < 1.29 is 68.3 Å². The van der Waals surface area contributed by atoms with Gasteiger partial charge in [0, 0.05) is 16.7 Å². The number of esters is 3. The summed E-state index contributed by atoms with van der Waals surface area (Å²) in [6.45, 7) is 11.9. The Morgan fingerprint density at radius 2 is 1.32 bits per heavy atom. The Morgan fingerprint density at radius 1 is 0.789 bits per heavy atom. The maximum absolute atomic E-state index is 12.6. The summed E-state index contributed by atoms with van der Waals surface area (Å²) in [6.07, 6.45) is -13.6. The van der Waals surface area contributed by atoms with Crippen LogP contribution in [0.2, 0.25) is 0 Å². The van der Waals surface area contributed by atoms with E-state index >= 15 is 0 Å². The fraction of sp³-hybridized carbons (Fsp3) is 0.625. The molecule has 9 atom stereocenters. The lowest BCUT2D eigenvalue weighted by atomic mass is 9.99. The summed E-state index contributed by atoms with van der Waals surface area (Å²) in [7, 11) is 0. The van der Waals surface area contributed by atoms with E-state index in [1.807, 2.05) is 0 Å². The molecule has 14 heteroatoms. The normalized spacial score (nSPS) is 34.7. The number of rotatable bonds is 11. The van der Waals surface area contributed by atoms with E-state index in [2.05, 4.69) is 19.7 Å². The molecule has 14 nitrogen and oxygen atoms in total. The molecule has 0 bridgehead atoms. The van der Waals surface area contributed by atoms with Gasteiger partial charge in [-0.2, -0.15) is 0 Å². The maximum Gasteiger partial charge on any atom is 0.333 e. The SMILES string of the molecule is C=C(C)C(=O)OC[C@@]1(O[C@H]2O[C@H](CO)[C@@H](O)[C@H](O)[C@H]2O)O[C@H](CO)[C@@H](OC(=O)C(=C)C)[C@@H]1OC(=O)C(=C)C. The highest BCUT2D eigenvalue weighted by Crippen LogP contribution is 2.40. The summed E-state index contributed by atoms with van der Waals surface area (Å²) in [5, 5.41) is 50.4. The van der Waals surface area contributed by atoms with Crippen LogP contribution >= 0.6 is 0 Å². The second-order valence-electron chi connectivity index (χ2n) is 9.08. The van der Waals surface area contributed by atoms with Gasteiger partial charge in [-0.25, -0.2) is 14.4 Å². The first-order chi connectivity index (χ1) is 17.7. The van der Waals surface area contributed by atoms with Gasteiger partial charge in [0.25, 0.3) is 0 Å². The van der Waals surface area contributed by atoms with Crippen molar-refractivity contribution in [2.45, 2.75) is 75.6 Å². The van der Waals surface area contributed by atoms with Crippen LogP contribution in [-0.4, -0.2) is 118 Å². The number of aliphatic hydroxyl groups is 5. The quantitative estimate of drug-likeness (QED) is 0.108. The van der Waals surface area contributed by atoms with Crippen LogP contribution in [0, 0.1) is 0 Å². The highest BCUT2D eigenvalue weighted by atomic mass is 16.8. The van der Waals surface area contributed by atoms with Gasteiger partial charge < -0.3 is 54.0 Å². The number of hydrogen-bond donors (Lipinski definition) is 5. The lowest BCUT2D eigenvalue weighted by Gasteiger charge is -2.43. The summed E-state index contributed by atoms with van der Waals surface area (Å²) in [5.74, 6) is -5.33. The summed E-state index contributed by atoms with van der Waals surface area (Å²) >= 11 is 0. The molecule has 2 rings (SSSR count). The molecule has 0 aromatic rings. The van der Waals surface area contributed by atoms with Gasteiger partial charge >= 0.3 is 17.9 Å². The van der Waals surface area contributed by atoms with Gasteiger partial charge in [-0.15, -0.1) is 0 Å². The van der Waals surface area contributed by atoms with Crippen molar-refractivity contribution in [3.8, 4) is 0 Å². The highest BCUT2D eigenvalue weighted by Gasteiger charge is 2.63. The van der Waals surface area contributed by atoms with E-state index in [0.29, 0.717) is 0 Å². The zero-order valence-corrected chi connectivity index (χ0v) is 21.3. The van der Waals surface area contributed by atoms with E-state index in [1.54, 1.807) is 0 Å². The number of carbonyl (C=O) groups excluding carboxylic acids is 3. The van der Waals surface area contributed by atoms with E-state index in [-0.39, 0.29) is 16.7 Å². The Balaban J connectivity index is 2.60. The molecule has 0 aliphatic carbocycles. The van der Waals surface area contributed by atoms with Crippen molar-refractivity contribution in [3.63, 3.8) is 0 Å². The second kappa shape index (κ2) is 12.9. The smallest absolute Gasteiger partial charge is 0.333 e. The molecule has 38 heavy (non-hydrogen) atoms. The molecule has 0 unspecified atom stereocenters. The van der Waals surface area contributed by atoms with Gasteiger partial charge in [0.1, 0.15) is 37.1 Å². The molecule has 0 amide bonds. The van der Waals surface area contributed by atoms with Crippen LogP contribution in [0.25, 0.3) is 0 Å². The monoisotopic (exact) mass is 546 g/mol. The third kappa shape index (κ3) is 6.84. The molecule has 2 saturated heterocycles. The molecule has 0 saturated carbocycles. The van der Waals surface area contributed by atoms with Gasteiger partial charge in [-0.05, 0) is 20.8 Å². The standard InChI is InChI=1S/C24H34O14/c1-10(2)20(30)33-9-24(38-23-17(29)16(28)15(27)13(7-25)34-23)19(36-22(32)12(5)6)18(14(8-26)37-24)35-21(31)11(3)4/h13-19,23,25-29H,1,3,5,7-9H2,2,4,6H3/t13-,14-,15-,16+,17-,18-,19+,23-,24+/m1/s1. The molecule has 214 valence electrons. The topological polar surface area (TPSA) is 208 Å². The molecular formula is C24H34O14. The van der Waals surface area contributed by atoms with Crippen LogP contribution < -0.4 is 0 Å². The Morgan fingerprint density at radius 3 is 1.82 bits per heavy atom. The Hall–Kier alpha value is -2.69. The molecule has 0 radical (unpaired) electrons. The van der Waals surface area contributed by atoms with Gasteiger partial charge in [-0.3, -0.25) is 0 Å². The molecule has 2 aliphatic heterocycles. The average Bonchev–Trinajstić information content (AvgIpc) is 3.14. The predicted octanol–water partition coefficient (Wildman–Crippen LogP) is -2.01. The summed E-state index contributed by atoms with van der Waals surface area (Å²) in [4.78, 5) is 37.2. The number of hydrogen-bond acceptors (Lipinski definition) is 14. The van der Waals surface area contributed by atoms with Crippen LogP contribution in [0.3, 0.4) is 0 Å². The summed E-state index contributed by atoms with van der Waals surface area (Å²) in [5.41, 5.74) is -0.179. The fourth-order valence-electron chi connectivity index (χ4n) is 3.61. The van der Waals surface area contributed by atoms with Gasteiger partial charge in [-0.1, -0.05) is 19.7 Å². The van der Waals surface area contributed by atoms with Gasteiger partial charge in [0.05, 0.1) is 13.2 Å². The lowest BCUT2D eigenvalue weighted by Crippen LogP contribution is -2.63. The zero-order valence-electron chi connectivity index (χ0n) is 21.3. The average molecular weight is 547 g/mol. The van der Waals surface area contributed by atoms with Crippen molar-refractivity contribution in [1.82, 2.24) is 0 Å². The molecule has 5 N–H and O–H groups in total. The van der Waals surface area contributed by atoms with E-state index in [0.717, 1.165) is 0 Å². The van der Waals surface area contributed by atoms with Crippen molar-refractivity contribution in [2.75, 3.05) is 19.8 Å². The number of ether oxygens (including phenoxy) is 6. The Labute approximate surface area is 218 Å².